The molecule has 0 aliphatic heterocycles. The largest absolute Gasteiger partial charge is 0.308 e. The molecule has 3 heteroatoms. The summed E-state index contributed by atoms with van der Waals surface area (Å²) in [5.74, 6) is 0. The minimum absolute atomic E-state index is 0.118. The fourth-order valence-corrected chi connectivity index (χ4v) is 0.765. The standard InChI is InChI=1S/C9H23N3/c1-10(2)6-8-12(5)9-7-11(3)4/h6-9H2,1-5H3/i6D. The van der Waals surface area contributed by atoms with Crippen molar-refractivity contribution in [3.8, 4) is 0 Å². The summed E-state index contributed by atoms with van der Waals surface area (Å²) >= 11 is 0. The Kier molecular flexibility index (Phi) is 5.32. The molecule has 0 radical (unpaired) electrons. The van der Waals surface area contributed by atoms with Crippen molar-refractivity contribution >= 4 is 0 Å². The first-order valence-corrected chi connectivity index (χ1v) is 4.35. The minimum atomic E-state index is -0.118. The molecule has 0 aromatic heterocycles. The van der Waals surface area contributed by atoms with E-state index in [0.29, 0.717) is 0 Å². The normalized spacial score (nSPS) is 15.8. The van der Waals surface area contributed by atoms with Crippen LogP contribution >= 0.6 is 0 Å². The van der Waals surface area contributed by atoms with Crippen molar-refractivity contribution < 1.29 is 1.37 Å². The van der Waals surface area contributed by atoms with Gasteiger partial charge in [0.2, 0.25) is 0 Å². The predicted molar refractivity (Wildman–Crippen MR) is 54.6 cm³/mol. The first kappa shape index (κ1) is 9.96. The Labute approximate surface area is 78.3 Å². The Balaban J connectivity index is 3.55. The van der Waals surface area contributed by atoms with Crippen molar-refractivity contribution in [3.63, 3.8) is 0 Å². The average Bonchev–Trinajstić information content (AvgIpc) is 2.00. The molecular weight excluding hydrogens is 150 g/mol. The highest BCUT2D eigenvalue weighted by molar-refractivity contribution is 4.55. The summed E-state index contributed by atoms with van der Waals surface area (Å²) in [5.41, 5.74) is 0. The lowest BCUT2D eigenvalue weighted by atomic mass is 10.4. The molecule has 3 nitrogen and oxygen atoms in total. The number of likely N-dealkylation sites (N-methyl/N-ethyl adjacent to an activating group) is 3. The van der Waals surface area contributed by atoms with Gasteiger partial charge >= 0.3 is 0 Å². The van der Waals surface area contributed by atoms with Crippen molar-refractivity contribution in [3.05, 3.63) is 0 Å². The number of hydrogen-bond donors (Lipinski definition) is 0. The Bertz CT molecular complexity index is 128. The van der Waals surface area contributed by atoms with E-state index >= 15 is 0 Å². The molecule has 0 saturated carbocycles. The maximum atomic E-state index is 7.71. The zero-order valence-electron chi connectivity index (χ0n) is 10.0. The number of nitrogens with zero attached hydrogens (tertiary/aromatic N) is 3. The van der Waals surface area contributed by atoms with Crippen LogP contribution in [0, 0.1) is 0 Å². The van der Waals surface area contributed by atoms with E-state index in [1.807, 2.05) is 19.0 Å². The van der Waals surface area contributed by atoms with Gasteiger partial charge in [-0.25, -0.2) is 0 Å². The zero-order chi connectivity index (χ0) is 10.4. The second-order valence-corrected chi connectivity index (χ2v) is 3.71. The van der Waals surface area contributed by atoms with Gasteiger partial charge in [-0.3, -0.25) is 0 Å². The highest BCUT2D eigenvalue weighted by Gasteiger charge is 1.98. The number of rotatable bonds is 6. The van der Waals surface area contributed by atoms with Crippen LogP contribution in [0.5, 0.6) is 0 Å². The third kappa shape index (κ3) is 7.98. The molecule has 0 spiro atoms. The minimum Gasteiger partial charge on any atom is -0.308 e. The van der Waals surface area contributed by atoms with Crippen LogP contribution < -0.4 is 0 Å². The summed E-state index contributed by atoms with van der Waals surface area (Å²) in [6.45, 7) is 2.76. The lowest BCUT2D eigenvalue weighted by Crippen LogP contribution is -2.33. The fourth-order valence-electron chi connectivity index (χ4n) is 0.765. The monoisotopic (exact) mass is 174 g/mol. The van der Waals surface area contributed by atoms with Gasteiger partial charge in [-0.05, 0) is 35.2 Å². The molecule has 1 atom stereocenters. The molecule has 1 unspecified atom stereocenters. The summed E-state index contributed by atoms with van der Waals surface area (Å²) in [6, 6.07) is 0. The summed E-state index contributed by atoms with van der Waals surface area (Å²) < 4.78 is 7.71. The molecule has 0 rings (SSSR count). The van der Waals surface area contributed by atoms with E-state index in [1.54, 1.807) is 0 Å². The molecule has 74 valence electrons. The van der Waals surface area contributed by atoms with Crippen LogP contribution in [0.3, 0.4) is 0 Å². The van der Waals surface area contributed by atoms with Crippen LogP contribution in [-0.4, -0.2) is 76.1 Å². The molecule has 0 saturated heterocycles. The van der Waals surface area contributed by atoms with Gasteiger partial charge in [0.15, 0.2) is 0 Å². The zero-order valence-corrected chi connectivity index (χ0v) is 9.04. The average molecular weight is 174 g/mol. The summed E-state index contributed by atoms with van der Waals surface area (Å²) in [6.07, 6.45) is 0. The lowest BCUT2D eigenvalue weighted by Gasteiger charge is -2.20. The third-order valence-electron chi connectivity index (χ3n) is 1.69. The van der Waals surface area contributed by atoms with E-state index in [2.05, 4.69) is 30.9 Å². The summed E-state index contributed by atoms with van der Waals surface area (Å²) in [5, 5.41) is 0. The van der Waals surface area contributed by atoms with Gasteiger partial charge in [-0.2, -0.15) is 0 Å². The van der Waals surface area contributed by atoms with Gasteiger partial charge in [-0.15, -0.1) is 0 Å². The highest BCUT2D eigenvalue weighted by Crippen LogP contribution is 1.84. The Morgan fingerprint density at radius 1 is 0.833 bits per heavy atom. The molecule has 0 aromatic rings. The third-order valence-corrected chi connectivity index (χ3v) is 1.69. The first-order valence-electron chi connectivity index (χ1n) is 4.93. The van der Waals surface area contributed by atoms with E-state index in [1.165, 1.54) is 0 Å². The Morgan fingerprint density at radius 3 is 1.83 bits per heavy atom. The molecule has 0 aromatic carbocycles. The maximum absolute atomic E-state index is 7.71. The quantitative estimate of drug-likeness (QED) is 0.563. The van der Waals surface area contributed by atoms with E-state index in [9.17, 15) is 0 Å². The Morgan fingerprint density at radius 2 is 1.42 bits per heavy atom. The molecular formula is C9H23N3. The van der Waals surface area contributed by atoms with Crippen molar-refractivity contribution in [2.75, 3.05) is 61.4 Å². The van der Waals surface area contributed by atoms with Gasteiger partial charge in [0, 0.05) is 27.5 Å². The predicted octanol–water partition coefficient (Wildman–Crippen LogP) is 0.0414. The van der Waals surface area contributed by atoms with Crippen LogP contribution in [0.4, 0.5) is 0 Å². The van der Waals surface area contributed by atoms with Crippen LogP contribution in [0.1, 0.15) is 1.37 Å². The van der Waals surface area contributed by atoms with Crippen molar-refractivity contribution in [2.45, 2.75) is 0 Å². The van der Waals surface area contributed by atoms with Crippen molar-refractivity contribution in [1.82, 2.24) is 14.7 Å². The van der Waals surface area contributed by atoms with Crippen LogP contribution in [0.25, 0.3) is 0 Å². The van der Waals surface area contributed by atoms with Gasteiger partial charge in [-0.1, -0.05) is 0 Å². The van der Waals surface area contributed by atoms with Crippen LogP contribution in [0.15, 0.2) is 0 Å². The number of hydrogen-bond acceptors (Lipinski definition) is 3. The molecule has 12 heavy (non-hydrogen) atoms. The lowest BCUT2D eigenvalue weighted by molar-refractivity contribution is 0.254. The van der Waals surface area contributed by atoms with E-state index in [0.717, 1.165) is 19.6 Å². The van der Waals surface area contributed by atoms with Crippen LogP contribution in [0.2, 0.25) is 0 Å². The van der Waals surface area contributed by atoms with E-state index < -0.39 is 0 Å². The highest BCUT2D eigenvalue weighted by atomic mass is 15.2. The molecule has 0 heterocycles. The Hall–Kier alpha value is -0.120. The molecule has 0 aliphatic rings. The van der Waals surface area contributed by atoms with E-state index in [4.69, 9.17) is 1.37 Å². The van der Waals surface area contributed by atoms with Crippen molar-refractivity contribution in [1.29, 1.82) is 0 Å². The smallest absolute Gasteiger partial charge is 0.0444 e. The second kappa shape index (κ2) is 6.40. The molecule has 0 fully saturated rings. The topological polar surface area (TPSA) is 9.72 Å². The van der Waals surface area contributed by atoms with Gasteiger partial charge < -0.3 is 14.7 Å². The summed E-state index contributed by atoms with van der Waals surface area (Å²) in [4.78, 5) is 6.27. The molecule has 0 amide bonds. The first-order chi connectivity index (χ1) is 5.93. The van der Waals surface area contributed by atoms with Crippen molar-refractivity contribution in [2.24, 2.45) is 0 Å². The maximum Gasteiger partial charge on any atom is 0.0444 e. The fraction of sp³-hybridized carbons (Fsp3) is 1.00. The SMILES string of the molecule is [2H]C(CN(C)CCN(C)C)N(C)C. The molecule has 0 bridgehead atoms. The van der Waals surface area contributed by atoms with Gasteiger partial charge in [0.05, 0.1) is 0 Å². The molecule has 0 N–H and O–H groups in total. The van der Waals surface area contributed by atoms with E-state index in [-0.39, 0.29) is 6.52 Å². The summed E-state index contributed by atoms with van der Waals surface area (Å²) in [7, 11) is 10.1. The van der Waals surface area contributed by atoms with Crippen LogP contribution in [-0.2, 0) is 0 Å². The molecule has 0 aliphatic carbocycles. The second-order valence-electron chi connectivity index (χ2n) is 3.71. The van der Waals surface area contributed by atoms with Gasteiger partial charge in [0.25, 0.3) is 0 Å². The van der Waals surface area contributed by atoms with Gasteiger partial charge in [0.1, 0.15) is 0 Å².